The van der Waals surface area contributed by atoms with Crippen molar-refractivity contribution >= 4 is 5.91 Å². The lowest BCUT2D eigenvalue weighted by atomic mass is 9.94. The second kappa shape index (κ2) is 6.54. The van der Waals surface area contributed by atoms with E-state index in [0.29, 0.717) is 13.2 Å². The number of aromatic nitrogens is 4. The highest BCUT2D eigenvalue weighted by molar-refractivity contribution is 5.80. The number of aryl methyl sites for hydroxylation is 1. The van der Waals surface area contributed by atoms with E-state index >= 15 is 0 Å². The standard InChI is InChI=1S/C16H23N5O2/c1-11(10-21-7-4-6-17-21)19-16(22)13-5-8-23-15(13)14-9-18-20(3)12(14)2/h4,6-7,9,11,13,15H,5,8,10H2,1-3H3,(H,19,22)/t11-,13-,15-/m0/s1. The molecular formula is C16H23N5O2. The molecule has 0 bridgehead atoms. The Hall–Kier alpha value is -2.15. The van der Waals surface area contributed by atoms with Gasteiger partial charge < -0.3 is 10.1 Å². The molecule has 3 rings (SSSR count). The van der Waals surface area contributed by atoms with Crippen LogP contribution in [0.3, 0.4) is 0 Å². The van der Waals surface area contributed by atoms with E-state index < -0.39 is 0 Å². The summed E-state index contributed by atoms with van der Waals surface area (Å²) in [4.78, 5) is 12.6. The fraction of sp³-hybridized carbons (Fsp3) is 0.562. The minimum atomic E-state index is -0.208. The second-order valence-corrected chi connectivity index (χ2v) is 6.13. The van der Waals surface area contributed by atoms with Gasteiger partial charge in [0.05, 0.1) is 24.8 Å². The van der Waals surface area contributed by atoms with Crippen LogP contribution in [0.4, 0.5) is 0 Å². The van der Waals surface area contributed by atoms with E-state index in [0.717, 1.165) is 17.7 Å². The molecule has 1 amide bonds. The fourth-order valence-electron chi connectivity index (χ4n) is 3.04. The van der Waals surface area contributed by atoms with Crippen LogP contribution >= 0.6 is 0 Å². The molecular weight excluding hydrogens is 294 g/mol. The van der Waals surface area contributed by atoms with E-state index in [1.54, 1.807) is 12.4 Å². The number of ether oxygens (including phenoxy) is 1. The van der Waals surface area contributed by atoms with Gasteiger partial charge in [0, 0.05) is 43.3 Å². The van der Waals surface area contributed by atoms with Crippen LogP contribution in [0.5, 0.6) is 0 Å². The van der Waals surface area contributed by atoms with Gasteiger partial charge in [0.2, 0.25) is 5.91 Å². The third-order valence-electron chi connectivity index (χ3n) is 4.42. The van der Waals surface area contributed by atoms with E-state index in [4.69, 9.17) is 4.74 Å². The molecule has 0 spiro atoms. The summed E-state index contributed by atoms with van der Waals surface area (Å²) in [6.07, 6.45) is 5.96. The lowest BCUT2D eigenvalue weighted by molar-refractivity contribution is -0.127. The third-order valence-corrected chi connectivity index (χ3v) is 4.42. The summed E-state index contributed by atoms with van der Waals surface area (Å²) in [6, 6.07) is 1.89. The lowest BCUT2D eigenvalue weighted by Crippen LogP contribution is -2.40. The molecule has 0 aliphatic carbocycles. The first-order valence-electron chi connectivity index (χ1n) is 7.94. The van der Waals surface area contributed by atoms with Crippen LogP contribution in [0.2, 0.25) is 0 Å². The summed E-state index contributed by atoms with van der Waals surface area (Å²) in [5, 5.41) is 11.5. The van der Waals surface area contributed by atoms with Crippen LogP contribution in [-0.2, 0) is 23.1 Å². The predicted molar refractivity (Wildman–Crippen MR) is 84.6 cm³/mol. The van der Waals surface area contributed by atoms with Gasteiger partial charge in [0.1, 0.15) is 0 Å². The van der Waals surface area contributed by atoms with Crippen molar-refractivity contribution in [3.05, 3.63) is 35.9 Å². The van der Waals surface area contributed by atoms with Crippen molar-refractivity contribution in [2.75, 3.05) is 6.61 Å². The zero-order valence-electron chi connectivity index (χ0n) is 13.8. The summed E-state index contributed by atoms with van der Waals surface area (Å²) in [5.41, 5.74) is 2.05. The minimum absolute atomic E-state index is 0.0126. The summed E-state index contributed by atoms with van der Waals surface area (Å²) < 4.78 is 9.45. The monoisotopic (exact) mass is 317 g/mol. The Morgan fingerprint density at radius 3 is 3.00 bits per heavy atom. The molecule has 124 valence electrons. The van der Waals surface area contributed by atoms with E-state index in [1.807, 2.05) is 42.5 Å². The van der Waals surface area contributed by atoms with Gasteiger partial charge in [-0.1, -0.05) is 0 Å². The van der Waals surface area contributed by atoms with Gasteiger partial charge in [0.15, 0.2) is 0 Å². The SMILES string of the molecule is Cc1c([C@H]2OCC[C@@H]2C(=O)N[C@@H](C)Cn2cccn2)cnn1C. The van der Waals surface area contributed by atoms with Crippen molar-refractivity contribution in [2.45, 2.75) is 39.0 Å². The summed E-state index contributed by atoms with van der Waals surface area (Å²) in [5.74, 6) is -0.131. The van der Waals surface area contributed by atoms with E-state index in [-0.39, 0.29) is 24.0 Å². The van der Waals surface area contributed by atoms with E-state index in [1.165, 1.54) is 0 Å². The quantitative estimate of drug-likeness (QED) is 0.899. The van der Waals surface area contributed by atoms with Gasteiger partial charge in [0.25, 0.3) is 0 Å². The Balaban J connectivity index is 1.65. The van der Waals surface area contributed by atoms with Gasteiger partial charge in [-0.15, -0.1) is 0 Å². The highest BCUT2D eigenvalue weighted by atomic mass is 16.5. The molecule has 3 atom stereocenters. The second-order valence-electron chi connectivity index (χ2n) is 6.13. The summed E-state index contributed by atoms with van der Waals surface area (Å²) in [7, 11) is 1.90. The number of nitrogens with one attached hydrogen (secondary N) is 1. The Labute approximate surface area is 135 Å². The number of nitrogens with zero attached hydrogens (tertiary/aromatic N) is 4. The molecule has 0 saturated carbocycles. The first-order valence-corrected chi connectivity index (χ1v) is 7.94. The van der Waals surface area contributed by atoms with Gasteiger partial charge in [-0.25, -0.2) is 0 Å². The van der Waals surface area contributed by atoms with E-state index in [9.17, 15) is 4.79 Å². The number of hydrogen-bond donors (Lipinski definition) is 1. The lowest BCUT2D eigenvalue weighted by Gasteiger charge is -2.21. The van der Waals surface area contributed by atoms with Gasteiger partial charge >= 0.3 is 0 Å². The average molecular weight is 317 g/mol. The van der Waals surface area contributed by atoms with Gasteiger partial charge in [-0.3, -0.25) is 14.2 Å². The zero-order chi connectivity index (χ0) is 16.4. The van der Waals surface area contributed by atoms with Crippen LogP contribution in [0.25, 0.3) is 0 Å². The van der Waals surface area contributed by atoms with Crippen molar-refractivity contribution in [1.29, 1.82) is 0 Å². The third kappa shape index (κ3) is 3.29. The average Bonchev–Trinajstić information content (AvgIpc) is 3.22. The van der Waals surface area contributed by atoms with Crippen LogP contribution in [0.15, 0.2) is 24.7 Å². The molecule has 0 unspecified atom stereocenters. The maximum absolute atomic E-state index is 12.6. The van der Waals surface area contributed by atoms with Crippen molar-refractivity contribution in [3.63, 3.8) is 0 Å². The maximum Gasteiger partial charge on any atom is 0.226 e. The molecule has 23 heavy (non-hydrogen) atoms. The number of amides is 1. The van der Waals surface area contributed by atoms with Crippen LogP contribution in [-0.4, -0.2) is 38.1 Å². The predicted octanol–water partition coefficient (Wildman–Crippen LogP) is 1.21. The molecule has 2 aromatic rings. The molecule has 1 saturated heterocycles. The zero-order valence-corrected chi connectivity index (χ0v) is 13.8. The van der Waals surface area contributed by atoms with Crippen molar-refractivity contribution in [3.8, 4) is 0 Å². The summed E-state index contributed by atoms with van der Waals surface area (Å²) in [6.45, 7) is 5.24. The first-order chi connectivity index (χ1) is 11.1. The number of carbonyl (C=O) groups excluding carboxylic acids is 1. The number of hydrogen-bond acceptors (Lipinski definition) is 4. The first kappa shape index (κ1) is 15.7. The molecule has 2 aromatic heterocycles. The Morgan fingerprint density at radius 1 is 1.52 bits per heavy atom. The van der Waals surface area contributed by atoms with E-state index in [2.05, 4.69) is 15.5 Å². The Morgan fingerprint density at radius 2 is 2.35 bits per heavy atom. The molecule has 7 heteroatoms. The van der Waals surface area contributed by atoms with Crippen molar-refractivity contribution in [2.24, 2.45) is 13.0 Å². The molecule has 3 heterocycles. The fourth-order valence-corrected chi connectivity index (χ4v) is 3.04. The highest BCUT2D eigenvalue weighted by Crippen LogP contribution is 2.36. The van der Waals surface area contributed by atoms with Crippen molar-refractivity contribution in [1.82, 2.24) is 24.9 Å². The molecule has 1 aliphatic heterocycles. The van der Waals surface area contributed by atoms with Gasteiger partial charge in [-0.05, 0) is 26.3 Å². The Kier molecular flexibility index (Phi) is 4.47. The summed E-state index contributed by atoms with van der Waals surface area (Å²) >= 11 is 0. The molecule has 0 aromatic carbocycles. The molecule has 1 aliphatic rings. The minimum Gasteiger partial charge on any atom is -0.373 e. The van der Waals surface area contributed by atoms with Crippen molar-refractivity contribution < 1.29 is 9.53 Å². The topological polar surface area (TPSA) is 74.0 Å². The van der Waals surface area contributed by atoms with Crippen LogP contribution in [0, 0.1) is 12.8 Å². The molecule has 0 radical (unpaired) electrons. The largest absolute Gasteiger partial charge is 0.373 e. The number of rotatable bonds is 5. The smallest absolute Gasteiger partial charge is 0.226 e. The normalized spacial score (nSPS) is 22.2. The van der Waals surface area contributed by atoms with Crippen LogP contribution < -0.4 is 5.32 Å². The number of carbonyl (C=O) groups is 1. The highest BCUT2D eigenvalue weighted by Gasteiger charge is 2.37. The molecule has 1 fully saturated rings. The molecule has 7 nitrogen and oxygen atoms in total. The Bertz CT molecular complexity index is 664. The van der Waals surface area contributed by atoms with Crippen LogP contribution in [0.1, 0.15) is 30.7 Å². The maximum atomic E-state index is 12.6. The van der Waals surface area contributed by atoms with Gasteiger partial charge in [-0.2, -0.15) is 10.2 Å². The molecule has 1 N–H and O–H groups in total.